The Balaban J connectivity index is 1.97. The molecule has 0 aliphatic rings. The van der Waals surface area contributed by atoms with Crippen LogP contribution in [0.25, 0.3) is 6.08 Å². The molecule has 2 N–H and O–H groups in total. The Morgan fingerprint density at radius 1 is 1.12 bits per heavy atom. The van der Waals surface area contributed by atoms with E-state index in [0.717, 1.165) is 17.7 Å². The van der Waals surface area contributed by atoms with Crippen molar-refractivity contribution in [2.75, 3.05) is 5.73 Å². The van der Waals surface area contributed by atoms with E-state index < -0.39 is 0 Å². The van der Waals surface area contributed by atoms with E-state index in [1.165, 1.54) is 5.56 Å². The minimum Gasteiger partial charge on any atom is -0.399 e. The summed E-state index contributed by atoms with van der Waals surface area (Å²) in [6, 6.07) is 11.9. The van der Waals surface area contributed by atoms with E-state index in [0.29, 0.717) is 0 Å². The van der Waals surface area contributed by atoms with Gasteiger partial charge < -0.3 is 5.73 Å². The maximum absolute atomic E-state index is 5.62. The first kappa shape index (κ1) is 10.4. The molecule has 0 saturated carbocycles. The number of aromatic nitrogens is 1. The molecule has 0 unspecified atom stereocenters. The number of anilines is 1. The predicted molar refractivity (Wildman–Crippen MR) is 67.8 cm³/mol. The molecular formula is C14H14N2. The van der Waals surface area contributed by atoms with Crippen molar-refractivity contribution in [2.24, 2.45) is 0 Å². The van der Waals surface area contributed by atoms with E-state index in [-0.39, 0.29) is 0 Å². The van der Waals surface area contributed by atoms with Gasteiger partial charge in [-0.15, -0.1) is 0 Å². The zero-order valence-corrected chi connectivity index (χ0v) is 9.01. The summed E-state index contributed by atoms with van der Waals surface area (Å²) in [5.41, 5.74) is 8.81. The first-order chi connectivity index (χ1) is 7.84. The second kappa shape index (κ2) is 5.12. The summed E-state index contributed by atoms with van der Waals surface area (Å²) < 4.78 is 0. The molecule has 2 nitrogen and oxygen atoms in total. The van der Waals surface area contributed by atoms with Gasteiger partial charge in [-0.25, -0.2) is 0 Å². The lowest BCUT2D eigenvalue weighted by Gasteiger charge is -1.97. The third-order valence-corrected chi connectivity index (χ3v) is 2.33. The largest absolute Gasteiger partial charge is 0.399 e. The van der Waals surface area contributed by atoms with Gasteiger partial charge in [0.05, 0.1) is 0 Å². The molecule has 1 heterocycles. The normalized spacial score (nSPS) is 10.8. The number of rotatable bonds is 3. The van der Waals surface area contributed by atoms with Crippen molar-refractivity contribution in [3.63, 3.8) is 0 Å². The van der Waals surface area contributed by atoms with Gasteiger partial charge in [-0.2, -0.15) is 0 Å². The Bertz CT molecular complexity index is 458. The number of hydrogen-bond acceptors (Lipinski definition) is 2. The van der Waals surface area contributed by atoms with Crippen LogP contribution < -0.4 is 5.73 Å². The molecule has 0 saturated heterocycles. The van der Waals surface area contributed by atoms with Crippen LogP contribution >= 0.6 is 0 Å². The topological polar surface area (TPSA) is 38.9 Å². The highest BCUT2D eigenvalue weighted by Gasteiger charge is 1.89. The first-order valence-corrected chi connectivity index (χ1v) is 5.25. The molecule has 0 aliphatic heterocycles. The van der Waals surface area contributed by atoms with Crippen molar-refractivity contribution >= 4 is 11.8 Å². The van der Waals surface area contributed by atoms with Crippen LogP contribution in [0.1, 0.15) is 11.1 Å². The Kier molecular flexibility index (Phi) is 3.34. The lowest BCUT2D eigenvalue weighted by molar-refractivity contribution is 1.27. The van der Waals surface area contributed by atoms with Crippen LogP contribution in [0.2, 0.25) is 0 Å². The van der Waals surface area contributed by atoms with Crippen molar-refractivity contribution in [1.82, 2.24) is 4.98 Å². The monoisotopic (exact) mass is 210 g/mol. The molecule has 2 rings (SSSR count). The van der Waals surface area contributed by atoms with Gasteiger partial charge in [-0.1, -0.05) is 30.4 Å². The number of pyridine rings is 1. The number of nitrogens with two attached hydrogens (primary N) is 1. The molecule has 16 heavy (non-hydrogen) atoms. The number of benzene rings is 1. The highest BCUT2D eigenvalue weighted by Crippen LogP contribution is 2.07. The average molecular weight is 210 g/mol. The Morgan fingerprint density at radius 3 is 2.62 bits per heavy atom. The van der Waals surface area contributed by atoms with Crippen LogP contribution in [-0.4, -0.2) is 4.98 Å². The molecule has 0 aliphatic carbocycles. The summed E-state index contributed by atoms with van der Waals surface area (Å²) in [5.74, 6) is 0. The van der Waals surface area contributed by atoms with Gasteiger partial charge in [0.1, 0.15) is 0 Å². The maximum atomic E-state index is 5.62. The third-order valence-electron chi connectivity index (χ3n) is 2.33. The van der Waals surface area contributed by atoms with E-state index >= 15 is 0 Å². The summed E-state index contributed by atoms with van der Waals surface area (Å²) in [6.45, 7) is 0. The molecule has 2 aromatic rings. The van der Waals surface area contributed by atoms with Crippen LogP contribution in [0.15, 0.2) is 54.9 Å². The molecule has 0 bridgehead atoms. The Labute approximate surface area is 95.5 Å². The molecular weight excluding hydrogens is 196 g/mol. The smallest absolute Gasteiger partial charge is 0.0340 e. The summed E-state index contributed by atoms with van der Waals surface area (Å²) >= 11 is 0. The minimum absolute atomic E-state index is 0.806. The highest BCUT2D eigenvalue weighted by molar-refractivity contribution is 5.48. The van der Waals surface area contributed by atoms with E-state index in [1.54, 1.807) is 6.20 Å². The molecule has 80 valence electrons. The zero-order valence-electron chi connectivity index (χ0n) is 9.01. The van der Waals surface area contributed by atoms with Gasteiger partial charge >= 0.3 is 0 Å². The fourth-order valence-corrected chi connectivity index (χ4v) is 1.46. The average Bonchev–Trinajstić information content (AvgIpc) is 2.33. The fraction of sp³-hybridized carbons (Fsp3) is 0.0714. The maximum Gasteiger partial charge on any atom is 0.0340 e. The molecule has 0 spiro atoms. The standard InChI is InChI=1S/C14H14N2/c15-14-8-6-12(7-9-14)3-1-4-13-5-2-10-16-11-13/h1-2,4-11H,3,15H2/b4-1+. The van der Waals surface area contributed by atoms with Gasteiger partial charge in [0.25, 0.3) is 0 Å². The van der Waals surface area contributed by atoms with Crippen LogP contribution in [0, 0.1) is 0 Å². The van der Waals surface area contributed by atoms with Crippen LogP contribution in [0.4, 0.5) is 5.69 Å². The lowest BCUT2D eigenvalue weighted by Crippen LogP contribution is -1.85. The number of nitrogen functional groups attached to an aromatic ring is 1. The Hall–Kier alpha value is -2.09. The predicted octanol–water partition coefficient (Wildman–Crippen LogP) is 2.92. The van der Waals surface area contributed by atoms with Gasteiger partial charge in [-0.05, 0) is 35.7 Å². The third kappa shape index (κ3) is 2.95. The summed E-state index contributed by atoms with van der Waals surface area (Å²) in [6.07, 6.45) is 8.73. The fourth-order valence-electron chi connectivity index (χ4n) is 1.46. The molecule has 0 amide bonds. The SMILES string of the molecule is Nc1ccc(C/C=C/c2cccnc2)cc1. The quantitative estimate of drug-likeness (QED) is 0.791. The van der Waals surface area contributed by atoms with Gasteiger partial charge in [0.15, 0.2) is 0 Å². The second-order valence-electron chi connectivity index (χ2n) is 3.63. The van der Waals surface area contributed by atoms with Gasteiger partial charge in [0.2, 0.25) is 0 Å². The number of allylic oxidation sites excluding steroid dienone is 1. The minimum atomic E-state index is 0.806. The van der Waals surface area contributed by atoms with Crippen molar-refractivity contribution in [3.05, 3.63) is 66.0 Å². The number of hydrogen-bond donors (Lipinski definition) is 1. The lowest BCUT2D eigenvalue weighted by atomic mass is 10.1. The van der Waals surface area contributed by atoms with E-state index in [2.05, 4.69) is 17.1 Å². The molecule has 1 aromatic carbocycles. The molecule has 0 atom stereocenters. The summed E-state index contributed by atoms with van der Waals surface area (Å²) in [4.78, 5) is 4.05. The molecule has 0 fully saturated rings. The highest BCUT2D eigenvalue weighted by atomic mass is 14.6. The summed E-state index contributed by atoms with van der Waals surface area (Å²) in [5, 5.41) is 0. The van der Waals surface area contributed by atoms with Crippen molar-refractivity contribution < 1.29 is 0 Å². The summed E-state index contributed by atoms with van der Waals surface area (Å²) in [7, 11) is 0. The Morgan fingerprint density at radius 2 is 1.94 bits per heavy atom. The van der Waals surface area contributed by atoms with Crippen molar-refractivity contribution in [3.8, 4) is 0 Å². The number of nitrogens with zero attached hydrogens (tertiary/aromatic N) is 1. The second-order valence-corrected chi connectivity index (χ2v) is 3.63. The van der Waals surface area contributed by atoms with Crippen molar-refractivity contribution in [2.45, 2.75) is 6.42 Å². The first-order valence-electron chi connectivity index (χ1n) is 5.25. The van der Waals surface area contributed by atoms with Crippen LogP contribution in [-0.2, 0) is 6.42 Å². The zero-order chi connectivity index (χ0) is 11.2. The molecule has 1 aromatic heterocycles. The van der Waals surface area contributed by atoms with Crippen molar-refractivity contribution in [1.29, 1.82) is 0 Å². The van der Waals surface area contributed by atoms with E-state index in [1.807, 2.05) is 42.6 Å². The molecule has 2 heteroatoms. The van der Waals surface area contributed by atoms with Crippen LogP contribution in [0.3, 0.4) is 0 Å². The van der Waals surface area contributed by atoms with Gasteiger partial charge in [-0.3, -0.25) is 4.98 Å². The van der Waals surface area contributed by atoms with E-state index in [9.17, 15) is 0 Å². The molecule has 0 radical (unpaired) electrons. The van der Waals surface area contributed by atoms with Gasteiger partial charge in [0, 0.05) is 18.1 Å². The van der Waals surface area contributed by atoms with E-state index in [4.69, 9.17) is 5.73 Å². The van der Waals surface area contributed by atoms with Crippen LogP contribution in [0.5, 0.6) is 0 Å².